The Bertz CT molecular complexity index is 658. The van der Waals surface area contributed by atoms with Crippen LogP contribution in [0, 0.1) is 0 Å². The number of hydrogen-bond acceptors (Lipinski definition) is 5. The van der Waals surface area contributed by atoms with Crippen LogP contribution in [0.4, 0.5) is 5.69 Å². The number of aliphatic hydroxyl groups is 1. The van der Waals surface area contributed by atoms with Gasteiger partial charge in [0.2, 0.25) is 0 Å². The molecular formula is C16H18N2O4S. The van der Waals surface area contributed by atoms with E-state index in [0.29, 0.717) is 11.4 Å². The van der Waals surface area contributed by atoms with Gasteiger partial charge in [0.25, 0.3) is 0 Å². The third kappa shape index (κ3) is 5.15. The Morgan fingerprint density at radius 2 is 2.09 bits per heavy atom. The van der Waals surface area contributed by atoms with Crippen LogP contribution in [0.25, 0.3) is 0 Å². The number of nitrogens with one attached hydrogen (secondary N) is 2. The molecule has 0 spiro atoms. The van der Waals surface area contributed by atoms with Crippen molar-refractivity contribution in [2.24, 2.45) is 0 Å². The van der Waals surface area contributed by atoms with E-state index in [0.717, 1.165) is 4.90 Å². The van der Waals surface area contributed by atoms with Crippen molar-refractivity contribution in [3.8, 4) is 0 Å². The first-order valence-electron chi connectivity index (χ1n) is 7.05. The third-order valence-corrected chi connectivity index (χ3v) is 3.83. The molecule has 1 aromatic carbocycles. The summed E-state index contributed by atoms with van der Waals surface area (Å²) < 4.78 is 5.06. The smallest absolute Gasteiger partial charge is 0.313 e. The lowest BCUT2D eigenvalue weighted by Crippen LogP contribution is -2.36. The summed E-state index contributed by atoms with van der Waals surface area (Å²) >= 11 is 1.55. The van der Waals surface area contributed by atoms with Crippen LogP contribution in [-0.4, -0.2) is 29.7 Å². The number of benzene rings is 1. The summed E-state index contributed by atoms with van der Waals surface area (Å²) in [5.41, 5.74) is 0.563. The molecule has 1 heterocycles. The van der Waals surface area contributed by atoms with Crippen LogP contribution in [0.5, 0.6) is 0 Å². The summed E-state index contributed by atoms with van der Waals surface area (Å²) in [5.74, 6) is -1.06. The van der Waals surface area contributed by atoms with E-state index in [1.165, 1.54) is 6.26 Å². The van der Waals surface area contributed by atoms with Crippen molar-refractivity contribution < 1.29 is 19.1 Å². The summed E-state index contributed by atoms with van der Waals surface area (Å²) in [6, 6.07) is 10.5. The summed E-state index contributed by atoms with van der Waals surface area (Å²) in [6.45, 7) is 0.166. The maximum absolute atomic E-state index is 11.8. The van der Waals surface area contributed by atoms with Gasteiger partial charge in [-0.05, 0) is 43.0 Å². The first-order chi connectivity index (χ1) is 11.1. The lowest BCUT2D eigenvalue weighted by atomic mass is 10.2. The first-order valence-corrected chi connectivity index (χ1v) is 8.27. The Hall–Kier alpha value is -2.25. The van der Waals surface area contributed by atoms with Crippen LogP contribution < -0.4 is 10.6 Å². The maximum Gasteiger partial charge on any atom is 0.313 e. The van der Waals surface area contributed by atoms with Gasteiger partial charge in [0.1, 0.15) is 11.9 Å². The summed E-state index contributed by atoms with van der Waals surface area (Å²) in [6.07, 6.45) is 2.84. The lowest BCUT2D eigenvalue weighted by molar-refractivity contribution is -0.136. The third-order valence-electron chi connectivity index (χ3n) is 3.11. The second kappa shape index (κ2) is 8.40. The molecule has 7 heteroatoms. The van der Waals surface area contributed by atoms with Crippen molar-refractivity contribution in [3.63, 3.8) is 0 Å². The molecule has 2 amide bonds. The molecule has 1 aromatic heterocycles. The Morgan fingerprint density at radius 1 is 1.26 bits per heavy atom. The van der Waals surface area contributed by atoms with Gasteiger partial charge < -0.3 is 20.2 Å². The van der Waals surface area contributed by atoms with Gasteiger partial charge in [-0.2, -0.15) is 0 Å². The predicted molar refractivity (Wildman–Crippen MR) is 88.1 cm³/mol. The van der Waals surface area contributed by atoms with Crippen LogP contribution in [0.2, 0.25) is 0 Å². The van der Waals surface area contributed by atoms with E-state index in [-0.39, 0.29) is 13.0 Å². The van der Waals surface area contributed by atoms with Crippen molar-refractivity contribution in [2.45, 2.75) is 17.4 Å². The van der Waals surface area contributed by atoms with E-state index in [1.54, 1.807) is 42.1 Å². The Morgan fingerprint density at radius 3 is 2.78 bits per heavy atom. The van der Waals surface area contributed by atoms with Crippen molar-refractivity contribution in [2.75, 3.05) is 18.1 Å². The highest BCUT2D eigenvalue weighted by Gasteiger charge is 2.15. The van der Waals surface area contributed by atoms with E-state index in [9.17, 15) is 14.7 Å². The average Bonchev–Trinajstić information content (AvgIpc) is 3.09. The zero-order valence-corrected chi connectivity index (χ0v) is 13.4. The molecule has 0 saturated carbocycles. The van der Waals surface area contributed by atoms with Crippen LogP contribution in [0.3, 0.4) is 0 Å². The Balaban J connectivity index is 1.77. The number of thioether (sulfide) groups is 1. The Labute approximate surface area is 138 Å². The lowest BCUT2D eigenvalue weighted by Gasteiger charge is -2.09. The van der Waals surface area contributed by atoms with Gasteiger partial charge >= 0.3 is 11.8 Å². The van der Waals surface area contributed by atoms with Crippen LogP contribution >= 0.6 is 11.8 Å². The summed E-state index contributed by atoms with van der Waals surface area (Å²) in [5, 5.41) is 14.8. The molecule has 0 aliphatic heterocycles. The zero-order chi connectivity index (χ0) is 16.7. The monoisotopic (exact) mass is 334 g/mol. The number of furan rings is 1. The topological polar surface area (TPSA) is 91.6 Å². The zero-order valence-electron chi connectivity index (χ0n) is 12.6. The van der Waals surface area contributed by atoms with Crippen LogP contribution in [0.15, 0.2) is 52.0 Å². The molecule has 2 aromatic rings. The highest BCUT2D eigenvalue weighted by atomic mass is 32.2. The molecule has 122 valence electrons. The van der Waals surface area contributed by atoms with Gasteiger partial charge in [0.05, 0.1) is 6.26 Å². The molecule has 1 atom stereocenters. The number of hydrogen-bond donors (Lipinski definition) is 3. The fraction of sp³-hybridized carbons (Fsp3) is 0.250. The summed E-state index contributed by atoms with van der Waals surface area (Å²) in [7, 11) is 0. The standard InChI is InChI=1S/C16H18N2O4S/c1-23-12-5-2-4-11(10-12)18-16(21)15(20)17-8-7-13(19)14-6-3-9-22-14/h2-6,9-10,13,19H,7-8H2,1H3,(H,17,20)(H,18,21). The highest BCUT2D eigenvalue weighted by molar-refractivity contribution is 7.98. The van der Waals surface area contributed by atoms with Gasteiger partial charge in [-0.3, -0.25) is 9.59 Å². The number of rotatable bonds is 6. The molecule has 3 N–H and O–H groups in total. The van der Waals surface area contributed by atoms with E-state index < -0.39 is 17.9 Å². The highest BCUT2D eigenvalue weighted by Crippen LogP contribution is 2.19. The number of anilines is 1. The second-order valence-corrected chi connectivity index (χ2v) is 5.64. The normalized spacial score (nSPS) is 11.7. The number of aliphatic hydroxyl groups excluding tert-OH is 1. The van der Waals surface area contributed by atoms with Gasteiger partial charge in [-0.1, -0.05) is 6.07 Å². The molecular weight excluding hydrogens is 316 g/mol. The maximum atomic E-state index is 11.8. The van der Waals surface area contributed by atoms with Crippen LogP contribution in [-0.2, 0) is 9.59 Å². The minimum atomic E-state index is -0.813. The Kier molecular flexibility index (Phi) is 6.25. The minimum absolute atomic E-state index is 0.166. The van der Waals surface area contributed by atoms with Crippen LogP contribution in [0.1, 0.15) is 18.3 Å². The second-order valence-electron chi connectivity index (χ2n) is 4.76. The van der Waals surface area contributed by atoms with E-state index in [2.05, 4.69) is 10.6 Å². The first kappa shape index (κ1) is 17.1. The van der Waals surface area contributed by atoms with Crippen molar-refractivity contribution >= 4 is 29.3 Å². The van der Waals surface area contributed by atoms with Crippen molar-refractivity contribution in [1.29, 1.82) is 0 Å². The minimum Gasteiger partial charge on any atom is -0.467 e. The largest absolute Gasteiger partial charge is 0.467 e. The quantitative estimate of drug-likeness (QED) is 0.556. The summed E-state index contributed by atoms with van der Waals surface area (Å²) in [4.78, 5) is 24.5. The molecule has 23 heavy (non-hydrogen) atoms. The molecule has 0 radical (unpaired) electrons. The van der Waals surface area contributed by atoms with Crippen molar-refractivity contribution in [1.82, 2.24) is 5.32 Å². The molecule has 0 aliphatic carbocycles. The molecule has 6 nitrogen and oxygen atoms in total. The van der Waals surface area contributed by atoms with Gasteiger partial charge in [-0.25, -0.2) is 0 Å². The van der Waals surface area contributed by atoms with E-state index in [4.69, 9.17) is 4.42 Å². The fourth-order valence-electron chi connectivity index (χ4n) is 1.91. The van der Waals surface area contributed by atoms with E-state index >= 15 is 0 Å². The van der Waals surface area contributed by atoms with Crippen molar-refractivity contribution in [3.05, 3.63) is 48.4 Å². The molecule has 1 unspecified atom stereocenters. The number of amides is 2. The fourth-order valence-corrected chi connectivity index (χ4v) is 2.37. The number of carbonyl (C=O) groups is 2. The SMILES string of the molecule is CSc1cccc(NC(=O)C(=O)NCCC(O)c2ccco2)c1. The molecule has 0 fully saturated rings. The predicted octanol–water partition coefficient (Wildman–Crippen LogP) is 2.18. The van der Waals surface area contributed by atoms with Gasteiger partial charge in [0.15, 0.2) is 0 Å². The van der Waals surface area contributed by atoms with E-state index in [1.807, 2.05) is 12.3 Å². The molecule has 2 rings (SSSR count). The molecule has 0 aliphatic rings. The average molecular weight is 334 g/mol. The van der Waals surface area contributed by atoms with Gasteiger partial charge in [-0.15, -0.1) is 11.8 Å². The molecule has 0 bridgehead atoms. The number of carbonyl (C=O) groups excluding carboxylic acids is 2. The molecule has 0 saturated heterocycles. The van der Waals surface area contributed by atoms with Gasteiger partial charge in [0, 0.05) is 17.1 Å².